The van der Waals surface area contributed by atoms with Crippen molar-refractivity contribution in [2.75, 3.05) is 37.9 Å². The van der Waals surface area contributed by atoms with Crippen molar-refractivity contribution in [2.45, 2.75) is 38.6 Å². The molecule has 5 rings (SSSR count). The maximum atomic E-state index is 12.1. The van der Waals surface area contributed by atoms with E-state index in [4.69, 9.17) is 35.3 Å². The van der Waals surface area contributed by atoms with Gasteiger partial charge < -0.3 is 23.7 Å². The fourth-order valence-electron chi connectivity index (χ4n) is 5.15. The predicted molar refractivity (Wildman–Crippen MR) is 164 cm³/mol. The Bertz CT molecular complexity index is 1380. The highest BCUT2D eigenvalue weighted by Crippen LogP contribution is 2.48. The van der Waals surface area contributed by atoms with Gasteiger partial charge in [0, 0.05) is 23.0 Å². The Morgan fingerprint density at radius 1 is 1.07 bits per heavy atom. The molecule has 0 bridgehead atoms. The van der Waals surface area contributed by atoms with Crippen molar-refractivity contribution in [3.05, 3.63) is 82.9 Å². The van der Waals surface area contributed by atoms with Gasteiger partial charge in [0.1, 0.15) is 23.7 Å². The molecule has 226 valence electrons. The summed E-state index contributed by atoms with van der Waals surface area (Å²) < 4.78 is 48.2. The van der Waals surface area contributed by atoms with Gasteiger partial charge in [-0.05, 0) is 73.4 Å². The van der Waals surface area contributed by atoms with Gasteiger partial charge in [0.15, 0.2) is 6.10 Å². The lowest BCUT2D eigenvalue weighted by Crippen LogP contribution is -2.51. The highest BCUT2D eigenvalue weighted by molar-refractivity contribution is 8.24. The van der Waals surface area contributed by atoms with E-state index >= 15 is 0 Å². The van der Waals surface area contributed by atoms with E-state index in [1.165, 1.54) is 0 Å². The molecule has 0 saturated carbocycles. The molecule has 2 N–H and O–H groups in total. The Morgan fingerprint density at radius 2 is 1.83 bits per heavy atom. The van der Waals surface area contributed by atoms with Crippen molar-refractivity contribution >= 4 is 28.2 Å². The van der Waals surface area contributed by atoms with Crippen LogP contribution in [0.1, 0.15) is 31.4 Å². The van der Waals surface area contributed by atoms with E-state index in [2.05, 4.69) is 0 Å². The van der Waals surface area contributed by atoms with Crippen LogP contribution in [0.3, 0.4) is 0 Å². The van der Waals surface area contributed by atoms with Crippen LogP contribution in [0.4, 0.5) is 0 Å². The smallest absolute Gasteiger partial charge is 0.334 e. The Labute approximate surface area is 253 Å². The molecule has 42 heavy (non-hydrogen) atoms. The topological polar surface area (TPSA) is 104 Å². The van der Waals surface area contributed by atoms with Gasteiger partial charge in [-0.3, -0.25) is 9.11 Å². The fraction of sp³-hybridized carbons (Fsp3) is 0.406. The lowest BCUT2D eigenvalue weighted by molar-refractivity contribution is -0.239. The average Bonchev–Trinajstić information content (AvgIpc) is 3.31. The molecule has 0 radical (unpaired) electrons. The Balaban J connectivity index is 1.17. The first-order chi connectivity index (χ1) is 20.2. The molecule has 0 amide bonds. The minimum atomic E-state index is -2.43. The lowest BCUT2D eigenvalue weighted by Gasteiger charge is -2.42. The van der Waals surface area contributed by atoms with Crippen LogP contribution in [-0.2, 0) is 31.2 Å². The van der Waals surface area contributed by atoms with Gasteiger partial charge in [0.25, 0.3) is 0 Å². The zero-order chi connectivity index (χ0) is 29.7. The first-order valence-electron chi connectivity index (χ1n) is 14.1. The van der Waals surface area contributed by atoms with Crippen molar-refractivity contribution in [3.8, 4) is 22.6 Å². The monoisotopic (exact) mass is 616 g/mol. The number of carbonyl (C=O) groups excluding carboxylic acids is 1. The molecule has 2 aliphatic rings. The maximum absolute atomic E-state index is 12.1. The number of benzene rings is 3. The van der Waals surface area contributed by atoms with Crippen molar-refractivity contribution in [3.63, 3.8) is 0 Å². The van der Waals surface area contributed by atoms with Crippen LogP contribution in [0.2, 0.25) is 5.02 Å². The van der Waals surface area contributed by atoms with Crippen molar-refractivity contribution in [2.24, 2.45) is 5.92 Å². The van der Waals surface area contributed by atoms with Crippen LogP contribution in [0, 0.1) is 5.92 Å². The van der Waals surface area contributed by atoms with E-state index in [9.17, 15) is 13.9 Å². The Kier molecular flexibility index (Phi) is 9.67. The molecule has 0 aromatic heterocycles. The number of halogens is 1. The number of ether oxygens (including phenoxy) is 5. The van der Waals surface area contributed by atoms with Crippen LogP contribution in [0.25, 0.3) is 11.1 Å². The van der Waals surface area contributed by atoms with Gasteiger partial charge in [0.2, 0.25) is 0 Å². The number of rotatable bonds is 12. The van der Waals surface area contributed by atoms with E-state index in [0.717, 1.165) is 28.7 Å². The van der Waals surface area contributed by atoms with E-state index in [-0.39, 0.29) is 11.9 Å². The molecule has 8 nitrogen and oxygen atoms in total. The lowest BCUT2D eigenvalue weighted by atomic mass is 9.91. The van der Waals surface area contributed by atoms with Crippen molar-refractivity contribution < 1.29 is 37.6 Å². The summed E-state index contributed by atoms with van der Waals surface area (Å²) in [5, 5.41) is 0.574. The quantitative estimate of drug-likeness (QED) is 0.211. The summed E-state index contributed by atoms with van der Waals surface area (Å²) in [6.45, 7) is 5.32. The van der Waals surface area contributed by atoms with Crippen LogP contribution in [0.15, 0.2) is 66.7 Å². The van der Waals surface area contributed by atoms with Crippen LogP contribution in [0.5, 0.6) is 11.5 Å². The molecule has 2 atom stereocenters. The van der Waals surface area contributed by atoms with Crippen LogP contribution < -0.4 is 9.47 Å². The highest BCUT2D eigenvalue weighted by atomic mass is 35.5. The van der Waals surface area contributed by atoms with Gasteiger partial charge in [-0.25, -0.2) is 4.79 Å². The fourth-order valence-corrected chi connectivity index (χ4v) is 7.33. The minimum Gasteiger partial charge on any atom is -0.493 e. The first kappa shape index (κ1) is 30.7. The Morgan fingerprint density at radius 3 is 2.48 bits per heavy atom. The van der Waals surface area contributed by atoms with Crippen LogP contribution in [-0.4, -0.2) is 59.1 Å². The Hall–Kier alpha value is -2.79. The molecule has 3 aromatic rings. The maximum Gasteiger partial charge on any atom is 0.334 e. The molecule has 2 heterocycles. The van der Waals surface area contributed by atoms with Crippen LogP contribution >= 0.6 is 22.2 Å². The van der Waals surface area contributed by atoms with E-state index in [0.29, 0.717) is 61.1 Å². The van der Waals surface area contributed by atoms with Gasteiger partial charge >= 0.3 is 5.97 Å². The second-order valence-electron chi connectivity index (χ2n) is 10.8. The van der Waals surface area contributed by atoms with Crippen molar-refractivity contribution in [1.82, 2.24) is 0 Å². The summed E-state index contributed by atoms with van der Waals surface area (Å²) >= 11 is 6.63. The van der Waals surface area contributed by atoms with Gasteiger partial charge in [-0.1, -0.05) is 41.9 Å². The molecule has 0 spiro atoms. The molecule has 2 fully saturated rings. The third-order valence-corrected chi connectivity index (χ3v) is 9.70. The molecule has 2 aliphatic heterocycles. The minimum absolute atomic E-state index is 0.142. The zero-order valence-corrected chi connectivity index (χ0v) is 25.4. The third-order valence-electron chi connectivity index (χ3n) is 7.50. The molecular formula is C32H37ClO8S. The molecule has 0 aliphatic carbocycles. The predicted octanol–water partition coefficient (Wildman–Crippen LogP) is 6.93. The van der Waals surface area contributed by atoms with Gasteiger partial charge in [-0.2, -0.15) is 10.6 Å². The molecule has 2 saturated heterocycles. The van der Waals surface area contributed by atoms with Gasteiger partial charge in [-0.15, -0.1) is 0 Å². The number of esters is 1. The molecular weight excluding hydrogens is 580 g/mol. The molecule has 3 aromatic carbocycles. The first-order valence-corrected chi connectivity index (χ1v) is 16.3. The summed E-state index contributed by atoms with van der Waals surface area (Å²) in [6, 6.07) is 21.3. The normalized spacial score (nSPS) is 20.3. The SMILES string of the molecule is CCOC(=O)C(C)OC1(c2ccc(OCc3cccc(-c4ccc(OCC5CCS(O)(O)C5)cc4Cl)c3)cc2)COC1. The second-order valence-corrected chi connectivity index (χ2v) is 13.5. The highest BCUT2D eigenvalue weighted by Gasteiger charge is 2.44. The average molecular weight is 617 g/mol. The summed E-state index contributed by atoms with van der Waals surface area (Å²) in [6.07, 6.45) is 0.0603. The number of carbonyl (C=O) groups is 1. The summed E-state index contributed by atoms with van der Waals surface area (Å²) in [5.41, 5.74) is 3.08. The van der Waals surface area contributed by atoms with E-state index in [1.807, 2.05) is 60.7 Å². The molecule has 10 heteroatoms. The number of hydrogen-bond acceptors (Lipinski definition) is 8. The van der Waals surface area contributed by atoms with E-state index < -0.39 is 22.3 Å². The summed E-state index contributed by atoms with van der Waals surface area (Å²) in [7, 11) is -2.43. The van der Waals surface area contributed by atoms with Gasteiger partial charge in [0.05, 0.1) is 31.5 Å². The second kappa shape index (κ2) is 13.2. The van der Waals surface area contributed by atoms with E-state index in [1.54, 1.807) is 19.9 Å². The zero-order valence-electron chi connectivity index (χ0n) is 23.8. The van der Waals surface area contributed by atoms with Crippen molar-refractivity contribution in [1.29, 1.82) is 0 Å². The molecule has 2 unspecified atom stereocenters. The summed E-state index contributed by atoms with van der Waals surface area (Å²) in [4.78, 5) is 12.1. The number of hydrogen-bond donors (Lipinski definition) is 2. The third kappa shape index (κ3) is 7.40. The largest absolute Gasteiger partial charge is 0.493 e. The summed E-state index contributed by atoms with van der Waals surface area (Å²) in [5.74, 6) is 1.97. The standard InChI is InChI=1S/C32H37ClO8S/c1-3-38-31(34)22(2)41-32(20-37-21-32)26-7-9-27(10-8-26)39-17-23-5-4-6-25(15-23)29-12-11-28(16-30(29)33)40-18-24-13-14-42(35,36)19-24/h4-12,15-16,22,24,35-36H,3,13-14,17-21H2,1-2H3.